The van der Waals surface area contributed by atoms with Crippen molar-refractivity contribution in [2.24, 2.45) is 0 Å². The minimum atomic E-state index is -0.744. The van der Waals surface area contributed by atoms with Crippen molar-refractivity contribution < 1.29 is 28.1 Å². The summed E-state index contributed by atoms with van der Waals surface area (Å²) in [7, 11) is 3.10. The molecule has 4 aromatic rings. The Balaban J connectivity index is 1.52. The normalized spacial score (nSPS) is 16.2. The molecule has 0 N–H and O–H groups in total. The first kappa shape index (κ1) is 26.6. The fraction of sp³-hybridized carbons (Fsp3) is 0.333. The molecule has 1 aliphatic rings. The third kappa shape index (κ3) is 5.32. The lowest BCUT2D eigenvalue weighted by Crippen LogP contribution is -2.15. The zero-order chi connectivity index (χ0) is 27.5. The largest absolute Gasteiger partial charge is 0.493 e. The Labute approximate surface area is 229 Å². The molecule has 0 bridgehead atoms. The zero-order valence-electron chi connectivity index (χ0n) is 21.6. The van der Waals surface area contributed by atoms with E-state index in [1.165, 1.54) is 10.9 Å². The number of ether oxygens (including phenoxy) is 4. The van der Waals surface area contributed by atoms with Gasteiger partial charge in [0, 0.05) is 28.8 Å². The molecule has 1 aliphatic heterocycles. The van der Waals surface area contributed by atoms with Crippen molar-refractivity contribution in [3.63, 3.8) is 0 Å². The second-order valence-corrected chi connectivity index (χ2v) is 9.22. The number of tetrazole rings is 1. The lowest BCUT2D eigenvalue weighted by molar-refractivity contribution is -0.142. The molecule has 0 amide bonds. The minimum absolute atomic E-state index is 0.0658. The first-order valence-corrected chi connectivity index (χ1v) is 12.8. The molecule has 2 aromatic carbocycles. The predicted octanol–water partition coefficient (Wildman–Crippen LogP) is 4.63. The highest BCUT2D eigenvalue weighted by Crippen LogP contribution is 2.47. The number of rotatable bonds is 9. The Hall–Kier alpha value is -3.96. The number of methoxy groups -OCH3 is 2. The van der Waals surface area contributed by atoms with E-state index in [9.17, 15) is 4.79 Å². The third-order valence-electron chi connectivity index (χ3n) is 6.40. The molecule has 0 fully saturated rings. The number of hydrogen-bond donors (Lipinski definition) is 0. The number of fused-ring (bicyclic) bond motifs is 3. The third-order valence-corrected chi connectivity index (χ3v) is 6.62. The van der Waals surface area contributed by atoms with E-state index >= 15 is 4.39 Å². The van der Waals surface area contributed by atoms with Crippen molar-refractivity contribution in [2.75, 3.05) is 20.8 Å². The fourth-order valence-corrected chi connectivity index (χ4v) is 5.01. The Morgan fingerprint density at radius 1 is 1.15 bits per heavy atom. The Bertz CT molecular complexity index is 1490. The lowest BCUT2D eigenvalue weighted by atomic mass is 9.98. The highest BCUT2D eigenvalue weighted by Gasteiger charge is 2.34. The van der Waals surface area contributed by atoms with Crippen molar-refractivity contribution in [3.8, 4) is 17.2 Å². The summed E-state index contributed by atoms with van der Waals surface area (Å²) in [5.74, 6) is 0.358. The van der Waals surface area contributed by atoms with Gasteiger partial charge in [-0.05, 0) is 42.5 Å². The van der Waals surface area contributed by atoms with Crippen molar-refractivity contribution in [3.05, 3.63) is 82.1 Å². The number of benzene rings is 2. The van der Waals surface area contributed by atoms with Gasteiger partial charge in [0.2, 0.25) is 0 Å². The minimum Gasteiger partial charge on any atom is -0.493 e. The molecule has 12 heteroatoms. The van der Waals surface area contributed by atoms with Gasteiger partial charge in [-0.1, -0.05) is 23.7 Å². The molecule has 2 aromatic heterocycles. The van der Waals surface area contributed by atoms with Crippen LogP contribution in [-0.4, -0.2) is 51.6 Å². The van der Waals surface area contributed by atoms with Crippen LogP contribution in [0.25, 0.3) is 5.69 Å². The second kappa shape index (κ2) is 11.4. The average molecular weight is 556 g/mol. The van der Waals surface area contributed by atoms with Gasteiger partial charge in [0.1, 0.15) is 24.4 Å². The number of para-hydroxylation sites is 1. The van der Waals surface area contributed by atoms with Crippen LogP contribution < -0.4 is 9.47 Å². The predicted molar refractivity (Wildman–Crippen MR) is 139 cm³/mol. The fourth-order valence-electron chi connectivity index (χ4n) is 4.80. The average Bonchev–Trinajstić information content (AvgIpc) is 3.55. The van der Waals surface area contributed by atoms with E-state index < -0.39 is 24.0 Å². The highest BCUT2D eigenvalue weighted by atomic mass is 35.5. The zero-order valence-corrected chi connectivity index (χ0v) is 22.4. The maximum absolute atomic E-state index is 15.5. The summed E-state index contributed by atoms with van der Waals surface area (Å²) in [5, 5.41) is 12.6. The van der Waals surface area contributed by atoms with Crippen LogP contribution in [0.1, 0.15) is 48.2 Å². The first-order chi connectivity index (χ1) is 18.9. The van der Waals surface area contributed by atoms with Crippen LogP contribution in [-0.2, 0) is 27.2 Å². The second-order valence-electron chi connectivity index (χ2n) is 8.79. The van der Waals surface area contributed by atoms with Crippen LogP contribution in [0.3, 0.4) is 0 Å². The van der Waals surface area contributed by atoms with Gasteiger partial charge >= 0.3 is 5.97 Å². The highest BCUT2D eigenvalue weighted by molar-refractivity contribution is 6.30. The van der Waals surface area contributed by atoms with Crippen LogP contribution in [0, 0.1) is 5.82 Å². The number of carbonyl (C=O) groups is 1. The maximum atomic E-state index is 15.5. The number of carbonyl (C=O) groups excluding carboxylic acids is 1. The summed E-state index contributed by atoms with van der Waals surface area (Å²) in [5.41, 5.74) is 2.29. The van der Waals surface area contributed by atoms with Gasteiger partial charge in [0.15, 0.2) is 17.3 Å². The van der Waals surface area contributed by atoms with Gasteiger partial charge in [-0.2, -0.15) is 4.80 Å². The standard InChI is InChI=1S/C27H27ClFN5O5/c1-4-38-24(35)15-23-30-32-34(31-23)12-10-21-20-8-6-11-33(20)25-18(13-16(28)14-19(25)29)26(39-21)17-7-5-9-22(36-2)27(17)37-3/h5-9,11,13-14,21,26H,4,10,12,15H2,1-3H3/t21-,26-/m1/s1. The van der Waals surface area contributed by atoms with Gasteiger partial charge in [-0.3, -0.25) is 4.79 Å². The van der Waals surface area contributed by atoms with Gasteiger partial charge in [-0.15, -0.1) is 10.2 Å². The summed E-state index contributed by atoms with van der Waals surface area (Å²) in [6, 6.07) is 12.2. The lowest BCUT2D eigenvalue weighted by Gasteiger charge is -2.25. The van der Waals surface area contributed by atoms with Crippen LogP contribution in [0.15, 0.2) is 48.7 Å². The summed E-state index contributed by atoms with van der Waals surface area (Å²) in [6.45, 7) is 2.34. The van der Waals surface area contributed by atoms with Gasteiger partial charge in [0.25, 0.3) is 0 Å². The molecule has 0 saturated carbocycles. The van der Waals surface area contributed by atoms with Gasteiger partial charge in [0.05, 0.1) is 38.8 Å². The van der Waals surface area contributed by atoms with E-state index in [0.717, 1.165) is 5.69 Å². The van der Waals surface area contributed by atoms with E-state index in [2.05, 4.69) is 15.4 Å². The van der Waals surface area contributed by atoms with E-state index in [-0.39, 0.29) is 23.9 Å². The molecule has 5 rings (SSSR count). The monoisotopic (exact) mass is 555 g/mol. The number of halogens is 2. The molecule has 0 radical (unpaired) electrons. The number of aryl methyl sites for hydroxylation is 1. The summed E-state index contributed by atoms with van der Waals surface area (Å²) in [6.07, 6.45) is 0.893. The molecule has 39 heavy (non-hydrogen) atoms. The van der Waals surface area contributed by atoms with E-state index in [1.807, 2.05) is 24.3 Å². The SMILES string of the molecule is CCOC(=O)Cc1nnn(CC[C@H]2O[C@H](c3cccc(OC)c3OC)c3cc(Cl)cc(F)c3-n3cccc32)n1. The number of esters is 1. The van der Waals surface area contributed by atoms with Gasteiger partial charge < -0.3 is 23.5 Å². The van der Waals surface area contributed by atoms with E-state index in [0.29, 0.717) is 41.3 Å². The van der Waals surface area contributed by atoms with Gasteiger partial charge in [-0.25, -0.2) is 4.39 Å². The molecule has 2 atom stereocenters. The number of nitrogens with zero attached hydrogens (tertiary/aromatic N) is 5. The molecule has 0 spiro atoms. The van der Waals surface area contributed by atoms with Crippen LogP contribution >= 0.6 is 11.6 Å². The van der Waals surface area contributed by atoms with Crippen molar-refractivity contribution in [2.45, 2.75) is 38.5 Å². The first-order valence-electron chi connectivity index (χ1n) is 12.4. The number of hydrogen-bond acceptors (Lipinski definition) is 8. The van der Waals surface area contributed by atoms with Crippen molar-refractivity contribution in [1.29, 1.82) is 0 Å². The molecule has 0 saturated heterocycles. The maximum Gasteiger partial charge on any atom is 0.313 e. The molecule has 0 unspecified atom stereocenters. The van der Waals surface area contributed by atoms with E-state index in [4.69, 9.17) is 30.5 Å². The quantitative estimate of drug-likeness (QED) is 0.275. The van der Waals surface area contributed by atoms with Crippen molar-refractivity contribution in [1.82, 2.24) is 24.8 Å². The van der Waals surface area contributed by atoms with Crippen LogP contribution in [0.5, 0.6) is 11.5 Å². The molecule has 10 nitrogen and oxygen atoms in total. The molecular formula is C27H27ClFN5O5. The summed E-state index contributed by atoms with van der Waals surface area (Å²) < 4.78 is 40.2. The smallest absolute Gasteiger partial charge is 0.313 e. The Morgan fingerprint density at radius 2 is 2.00 bits per heavy atom. The van der Waals surface area contributed by atoms with Crippen molar-refractivity contribution >= 4 is 17.6 Å². The van der Waals surface area contributed by atoms with Crippen LogP contribution in [0.4, 0.5) is 4.39 Å². The summed E-state index contributed by atoms with van der Waals surface area (Å²) in [4.78, 5) is 13.2. The molecular weight excluding hydrogens is 529 g/mol. The van der Waals surface area contributed by atoms with E-state index in [1.54, 1.807) is 44.0 Å². The Morgan fingerprint density at radius 3 is 2.77 bits per heavy atom. The summed E-state index contributed by atoms with van der Waals surface area (Å²) >= 11 is 6.34. The Kier molecular flexibility index (Phi) is 7.80. The molecule has 3 heterocycles. The number of aromatic nitrogens is 5. The van der Waals surface area contributed by atoms with Crippen LogP contribution in [0.2, 0.25) is 5.02 Å². The molecule has 204 valence electrons. The topological polar surface area (TPSA) is 103 Å². The molecule has 0 aliphatic carbocycles.